The summed E-state index contributed by atoms with van der Waals surface area (Å²) in [6.45, 7) is 0.232. The zero-order chi connectivity index (χ0) is 13.5. The number of rotatable bonds is 3. The molecule has 6 nitrogen and oxygen atoms in total. The van der Waals surface area contributed by atoms with E-state index in [2.05, 4.69) is 0 Å². The van der Waals surface area contributed by atoms with Crippen LogP contribution in [0.1, 0.15) is 19.3 Å². The third-order valence-corrected chi connectivity index (χ3v) is 3.64. The number of ether oxygens (including phenoxy) is 3. The van der Waals surface area contributed by atoms with E-state index in [4.69, 9.17) is 25.7 Å². The number of carbonyl (C=O) groups excluding carboxylic acids is 1. The van der Waals surface area contributed by atoms with Gasteiger partial charge in [-0.15, -0.1) is 0 Å². The first kappa shape index (κ1) is 12.1. The number of primary amides is 1. The Morgan fingerprint density at radius 3 is 2.89 bits per heavy atom. The van der Waals surface area contributed by atoms with Crippen molar-refractivity contribution in [2.24, 2.45) is 11.5 Å². The monoisotopic (exact) mass is 264 g/mol. The Morgan fingerprint density at radius 1 is 1.37 bits per heavy atom. The Balaban J connectivity index is 1.68. The standard InChI is InChI=1S/C13H16N2O4/c14-12(16)13(15)4-3-9(6-13)19-8-1-2-10-11(5-8)18-7-17-10/h1-2,5,9H,3-4,6-7,15H2,(H2,14,16). The normalized spacial score (nSPS) is 28.4. The second-order valence-electron chi connectivity index (χ2n) is 5.02. The number of hydrogen-bond donors (Lipinski definition) is 2. The van der Waals surface area contributed by atoms with E-state index in [-0.39, 0.29) is 12.9 Å². The lowest BCUT2D eigenvalue weighted by Crippen LogP contribution is -2.50. The Labute approximate surface area is 110 Å². The van der Waals surface area contributed by atoms with Crippen LogP contribution in [-0.4, -0.2) is 24.3 Å². The Kier molecular flexibility index (Phi) is 2.74. The molecule has 1 heterocycles. The van der Waals surface area contributed by atoms with Crippen LogP contribution in [-0.2, 0) is 4.79 Å². The highest BCUT2D eigenvalue weighted by atomic mass is 16.7. The molecule has 0 radical (unpaired) electrons. The first-order chi connectivity index (χ1) is 9.07. The van der Waals surface area contributed by atoms with E-state index in [1.54, 1.807) is 12.1 Å². The van der Waals surface area contributed by atoms with Crippen molar-refractivity contribution in [2.75, 3.05) is 6.79 Å². The summed E-state index contributed by atoms with van der Waals surface area (Å²) in [5.74, 6) is 1.60. The molecule has 102 valence electrons. The number of benzene rings is 1. The van der Waals surface area contributed by atoms with Crippen LogP contribution in [0.3, 0.4) is 0 Å². The van der Waals surface area contributed by atoms with E-state index in [1.165, 1.54) is 0 Å². The molecule has 1 amide bonds. The van der Waals surface area contributed by atoms with Gasteiger partial charge in [-0.05, 0) is 25.0 Å². The molecule has 2 atom stereocenters. The van der Waals surface area contributed by atoms with E-state index in [9.17, 15) is 4.79 Å². The lowest BCUT2D eigenvalue weighted by Gasteiger charge is -2.20. The zero-order valence-electron chi connectivity index (χ0n) is 10.4. The molecule has 0 aromatic heterocycles. The van der Waals surface area contributed by atoms with Crippen LogP contribution in [0.15, 0.2) is 18.2 Å². The lowest BCUT2D eigenvalue weighted by atomic mass is 9.99. The van der Waals surface area contributed by atoms with Crippen molar-refractivity contribution < 1.29 is 19.0 Å². The average Bonchev–Trinajstić information content (AvgIpc) is 2.96. The molecule has 3 rings (SSSR count). The molecule has 4 N–H and O–H groups in total. The minimum Gasteiger partial charge on any atom is -0.490 e. The summed E-state index contributed by atoms with van der Waals surface area (Å²) < 4.78 is 16.3. The fourth-order valence-electron chi connectivity index (χ4n) is 2.50. The molecule has 1 aromatic rings. The van der Waals surface area contributed by atoms with Crippen molar-refractivity contribution in [3.63, 3.8) is 0 Å². The molecule has 1 aliphatic heterocycles. The summed E-state index contributed by atoms with van der Waals surface area (Å²) in [7, 11) is 0. The zero-order valence-corrected chi connectivity index (χ0v) is 10.4. The van der Waals surface area contributed by atoms with Gasteiger partial charge in [-0.3, -0.25) is 4.79 Å². The topological polar surface area (TPSA) is 96.8 Å². The van der Waals surface area contributed by atoms with Crippen molar-refractivity contribution in [3.8, 4) is 17.2 Å². The molecule has 1 aliphatic carbocycles. The Morgan fingerprint density at radius 2 is 2.16 bits per heavy atom. The quantitative estimate of drug-likeness (QED) is 0.830. The Bertz CT molecular complexity index is 519. The van der Waals surface area contributed by atoms with Gasteiger partial charge in [-0.2, -0.15) is 0 Å². The molecule has 1 aromatic carbocycles. The number of fused-ring (bicyclic) bond motifs is 1. The third-order valence-electron chi connectivity index (χ3n) is 3.64. The SMILES string of the molecule is NC(=O)C1(N)CCC(Oc2ccc3c(c2)OCO3)C1. The van der Waals surface area contributed by atoms with Crippen molar-refractivity contribution in [1.82, 2.24) is 0 Å². The summed E-state index contributed by atoms with van der Waals surface area (Å²) >= 11 is 0. The van der Waals surface area contributed by atoms with Gasteiger partial charge in [0.05, 0.1) is 5.54 Å². The largest absolute Gasteiger partial charge is 0.490 e. The highest BCUT2D eigenvalue weighted by molar-refractivity contribution is 5.84. The Hall–Kier alpha value is -1.95. The average molecular weight is 264 g/mol. The second kappa shape index (κ2) is 4.31. The molecule has 19 heavy (non-hydrogen) atoms. The van der Waals surface area contributed by atoms with E-state index in [1.807, 2.05) is 6.07 Å². The van der Waals surface area contributed by atoms with Gasteiger partial charge in [0, 0.05) is 12.5 Å². The summed E-state index contributed by atoms with van der Waals surface area (Å²) in [4.78, 5) is 11.3. The molecule has 1 fully saturated rings. The van der Waals surface area contributed by atoms with Gasteiger partial charge in [0.15, 0.2) is 11.5 Å². The minimum atomic E-state index is -0.943. The fraction of sp³-hybridized carbons (Fsp3) is 0.462. The molecule has 1 saturated carbocycles. The second-order valence-corrected chi connectivity index (χ2v) is 5.02. The van der Waals surface area contributed by atoms with Crippen LogP contribution in [0, 0.1) is 0 Å². The van der Waals surface area contributed by atoms with Gasteiger partial charge < -0.3 is 25.7 Å². The van der Waals surface area contributed by atoms with E-state index in [0.717, 1.165) is 0 Å². The van der Waals surface area contributed by atoms with Gasteiger partial charge in [0.2, 0.25) is 12.7 Å². The van der Waals surface area contributed by atoms with Crippen LogP contribution in [0.4, 0.5) is 0 Å². The predicted molar refractivity (Wildman–Crippen MR) is 66.9 cm³/mol. The lowest BCUT2D eigenvalue weighted by molar-refractivity contribution is -0.123. The van der Waals surface area contributed by atoms with E-state index in [0.29, 0.717) is 36.5 Å². The van der Waals surface area contributed by atoms with E-state index >= 15 is 0 Å². The third kappa shape index (κ3) is 2.19. The van der Waals surface area contributed by atoms with Crippen LogP contribution in [0.25, 0.3) is 0 Å². The van der Waals surface area contributed by atoms with Crippen molar-refractivity contribution in [1.29, 1.82) is 0 Å². The van der Waals surface area contributed by atoms with Crippen molar-refractivity contribution in [2.45, 2.75) is 30.9 Å². The number of hydrogen-bond acceptors (Lipinski definition) is 5. The fourth-order valence-corrected chi connectivity index (χ4v) is 2.50. The van der Waals surface area contributed by atoms with Crippen LogP contribution >= 0.6 is 0 Å². The molecular formula is C13H16N2O4. The molecule has 2 unspecified atom stereocenters. The molecule has 0 spiro atoms. The predicted octanol–water partition coefficient (Wildman–Crippen LogP) is 0.529. The smallest absolute Gasteiger partial charge is 0.237 e. The van der Waals surface area contributed by atoms with Crippen molar-refractivity contribution in [3.05, 3.63) is 18.2 Å². The van der Waals surface area contributed by atoms with Gasteiger partial charge in [-0.1, -0.05) is 0 Å². The molecule has 0 saturated heterocycles. The van der Waals surface area contributed by atoms with Gasteiger partial charge in [0.25, 0.3) is 0 Å². The molecule has 6 heteroatoms. The summed E-state index contributed by atoms with van der Waals surface area (Å²) in [6.07, 6.45) is 1.61. The van der Waals surface area contributed by atoms with Crippen LogP contribution in [0.2, 0.25) is 0 Å². The number of carbonyl (C=O) groups is 1. The summed E-state index contributed by atoms with van der Waals surface area (Å²) in [6, 6.07) is 5.40. The van der Waals surface area contributed by atoms with Gasteiger partial charge in [-0.25, -0.2) is 0 Å². The maximum Gasteiger partial charge on any atom is 0.237 e. The first-order valence-electron chi connectivity index (χ1n) is 6.22. The molecule has 0 bridgehead atoms. The number of amides is 1. The summed E-state index contributed by atoms with van der Waals surface area (Å²) in [5.41, 5.74) is 10.3. The maximum atomic E-state index is 11.3. The van der Waals surface area contributed by atoms with Gasteiger partial charge in [0.1, 0.15) is 11.9 Å². The van der Waals surface area contributed by atoms with Crippen molar-refractivity contribution >= 4 is 5.91 Å². The maximum absolute atomic E-state index is 11.3. The van der Waals surface area contributed by atoms with E-state index < -0.39 is 11.4 Å². The minimum absolute atomic E-state index is 0.0992. The molecule has 2 aliphatic rings. The highest BCUT2D eigenvalue weighted by Gasteiger charge is 2.41. The first-order valence-corrected chi connectivity index (χ1v) is 6.22. The number of nitrogens with two attached hydrogens (primary N) is 2. The highest BCUT2D eigenvalue weighted by Crippen LogP contribution is 2.37. The van der Waals surface area contributed by atoms with Crippen LogP contribution < -0.4 is 25.7 Å². The van der Waals surface area contributed by atoms with Gasteiger partial charge >= 0.3 is 0 Å². The summed E-state index contributed by atoms with van der Waals surface area (Å²) in [5, 5.41) is 0. The molecular weight excluding hydrogens is 248 g/mol. The van der Waals surface area contributed by atoms with Crippen LogP contribution in [0.5, 0.6) is 17.2 Å².